The van der Waals surface area contributed by atoms with Crippen LogP contribution in [0.15, 0.2) is 124 Å². The highest BCUT2D eigenvalue weighted by Crippen LogP contribution is 2.41. The van der Waals surface area contributed by atoms with Crippen molar-refractivity contribution in [2.75, 3.05) is 97.8 Å². The van der Waals surface area contributed by atoms with E-state index in [1.807, 2.05) is 133 Å². The fraction of sp³-hybridized carbons (Fsp3) is 0.533. The minimum absolute atomic E-state index is 0.00842. The first-order valence-corrected chi connectivity index (χ1v) is 43.7. The zero-order chi connectivity index (χ0) is 82.1. The molecule has 6 aromatic rings. The molecule has 12 rings (SSSR count). The molecule has 1 N–H and O–H groups in total. The lowest BCUT2D eigenvalue weighted by atomic mass is 9.84. The average molecular weight is 1610 g/mol. The largest absolute Gasteiger partial charge is 0.478 e. The Labute approximate surface area is 683 Å². The van der Waals surface area contributed by atoms with Crippen LogP contribution in [-0.2, 0) is 62.1 Å². The van der Waals surface area contributed by atoms with Gasteiger partial charge in [-0.2, -0.15) is 0 Å². The minimum atomic E-state index is -1.29. The molecule has 0 amide bonds. The van der Waals surface area contributed by atoms with Gasteiger partial charge in [0.25, 0.3) is 0 Å². The zero-order valence-corrected chi connectivity index (χ0v) is 72.0. The van der Waals surface area contributed by atoms with Crippen molar-refractivity contribution in [1.82, 2.24) is 9.80 Å². The lowest BCUT2D eigenvalue weighted by Crippen LogP contribution is -2.48. The number of aliphatic carboxylic acids is 1. The molecule has 6 atom stereocenters. The Kier molecular flexibility index (Phi) is 32.5. The molecule has 0 bridgehead atoms. The summed E-state index contributed by atoms with van der Waals surface area (Å²) in [5.41, 5.74) is 8.59. The summed E-state index contributed by atoms with van der Waals surface area (Å²) in [6.45, 7) is 33.5. The minimum Gasteiger partial charge on any atom is -0.478 e. The van der Waals surface area contributed by atoms with Crippen LogP contribution in [0.5, 0.6) is 17.2 Å². The van der Waals surface area contributed by atoms with E-state index in [1.54, 1.807) is 90.7 Å². The molecule has 1 saturated carbocycles. The summed E-state index contributed by atoms with van der Waals surface area (Å²) in [4.78, 5) is 94.7. The van der Waals surface area contributed by atoms with E-state index in [0.29, 0.717) is 61.9 Å². The van der Waals surface area contributed by atoms with Crippen LogP contribution in [0.4, 0.5) is 0 Å². The van der Waals surface area contributed by atoms with Gasteiger partial charge in [-0.1, -0.05) is 79.2 Å². The van der Waals surface area contributed by atoms with Gasteiger partial charge in [-0.3, -0.25) is 29.0 Å². The van der Waals surface area contributed by atoms with Gasteiger partial charge in [0.15, 0.2) is 39.9 Å². The first-order valence-electron chi connectivity index (χ1n) is 40.0. The highest BCUT2D eigenvalue weighted by molar-refractivity contribution is 7.99. The van der Waals surface area contributed by atoms with E-state index in [4.69, 9.17) is 33.2 Å². The third-order valence-electron chi connectivity index (χ3n) is 22.6. The lowest BCUT2D eigenvalue weighted by Gasteiger charge is -2.34. The monoisotopic (exact) mass is 1600 g/mol. The van der Waals surface area contributed by atoms with E-state index in [-0.39, 0.29) is 53.0 Å². The quantitative estimate of drug-likeness (QED) is 0.0243. The summed E-state index contributed by atoms with van der Waals surface area (Å²) in [6, 6.07) is 37.7. The number of ether oxygens (including phenoxy) is 8. The molecule has 113 heavy (non-hydrogen) atoms. The normalized spacial score (nSPS) is 19.8. The van der Waals surface area contributed by atoms with E-state index in [1.165, 1.54) is 26.5 Å². The first kappa shape index (κ1) is 89.6. The van der Waals surface area contributed by atoms with Crippen molar-refractivity contribution in [2.24, 2.45) is 35.5 Å². The Morgan fingerprint density at radius 3 is 1.00 bits per heavy atom. The summed E-state index contributed by atoms with van der Waals surface area (Å²) >= 11 is 5.06. The second kappa shape index (κ2) is 41.0. The van der Waals surface area contributed by atoms with Gasteiger partial charge in [0.2, 0.25) is 0 Å². The number of nitrogens with zero attached hydrogens (tertiary/aromatic N) is 2. The molecular formula is C92H120N2O16S3. The van der Waals surface area contributed by atoms with Gasteiger partial charge in [0, 0.05) is 75.3 Å². The smallest absolute Gasteiger partial charge is 0.349 e. The molecule has 0 aromatic heterocycles. The third-order valence-corrected chi connectivity index (χ3v) is 24.9. The van der Waals surface area contributed by atoms with Gasteiger partial charge in [-0.05, 0) is 271 Å². The molecule has 6 fully saturated rings. The molecule has 6 aliphatic rings. The number of rotatable bonds is 31. The Bertz CT molecular complexity index is 4190. The van der Waals surface area contributed by atoms with Crippen LogP contribution < -0.4 is 14.2 Å². The molecule has 5 heterocycles. The van der Waals surface area contributed by atoms with E-state index < -0.39 is 22.8 Å². The van der Waals surface area contributed by atoms with Gasteiger partial charge < -0.3 is 43.0 Å². The molecule has 0 radical (unpaired) electrons. The van der Waals surface area contributed by atoms with E-state index >= 15 is 0 Å². The van der Waals surface area contributed by atoms with Gasteiger partial charge in [-0.25, -0.2) is 14.4 Å². The second-order valence-corrected chi connectivity index (χ2v) is 35.1. The van der Waals surface area contributed by atoms with E-state index in [9.17, 15) is 38.7 Å². The fourth-order valence-corrected chi connectivity index (χ4v) is 17.1. The van der Waals surface area contributed by atoms with Crippen LogP contribution in [0.25, 0.3) is 0 Å². The molecule has 5 aliphatic heterocycles. The van der Waals surface area contributed by atoms with Crippen LogP contribution in [0.2, 0.25) is 0 Å². The maximum absolute atomic E-state index is 13.6. The van der Waals surface area contributed by atoms with Gasteiger partial charge in [0.05, 0.1) is 51.7 Å². The van der Waals surface area contributed by atoms with Crippen LogP contribution in [0.1, 0.15) is 175 Å². The van der Waals surface area contributed by atoms with Crippen LogP contribution in [-0.4, -0.2) is 183 Å². The predicted molar refractivity (Wildman–Crippen MR) is 448 cm³/mol. The van der Waals surface area contributed by atoms with Gasteiger partial charge in [-0.15, -0.1) is 35.3 Å². The van der Waals surface area contributed by atoms with Crippen molar-refractivity contribution < 1.29 is 76.6 Å². The summed E-state index contributed by atoms with van der Waals surface area (Å²) in [5, 5.41) is 9.44. The standard InChI is InChI=1S/C31H41NO5S.C29H37NO5S.C29H38O4S.C3H4O2/c1-7-36-30(34)31(4,5)37-29-20(2)14-22(15-21(29)3)8-9-24-16-32(25-18-35-19-25)17-27(24)28(33)23-10-12-26(38-6)13-11-23;1-18-12-20(13-19(2)27(18)35-29(3,4)28(32)33)6-7-22-14-30(23-16-34-17-23)15-25(22)26(31)21-8-10-24(36-5)11-9-21;1-7-32-28(31)29(4,5)33-27-19(2)17-21(18-20(27)3)11-12-22-9-8-10-25(22)26(30)23-13-15-24(34-6)16-14-23;4-3-1-5-2-3/h10-15,24-25,27H,7-9,16-19H2,1-6H3;8-13,22-23,25H,6-7,14-17H2,1-5H3,(H,32,33);13-18,22,25H,7-12H2,1-6H3;1-2H2/t24-,27?;2*22-,25?;/m001./s1. The highest BCUT2D eigenvalue weighted by Gasteiger charge is 2.44. The molecule has 6 aromatic carbocycles. The number of hydrogen-bond donors (Lipinski definition) is 1. The number of carbonyl (C=O) groups excluding carboxylic acids is 6. The maximum atomic E-state index is 13.6. The number of carbonyl (C=O) groups is 7. The maximum Gasteiger partial charge on any atom is 0.349 e. The SMILES string of the molecule is CCOC(=O)C(C)(C)Oc1c(C)cc(CC[C@H]2CCCC2C(=O)c2ccc(SC)cc2)cc1C.CCOC(=O)C(C)(C)Oc1c(C)cc(CC[C@H]2CN(C3COC3)CC2C(=O)c2ccc(SC)cc2)cc1C.CSc1ccc(C(=O)C2CN(C3COC3)C[C@@H]2CCc2cc(C)c(OC(C)(C)C(=O)O)c(C)c2)cc1.O=C1COC1. The number of aryl methyl sites for hydroxylation is 9. The molecular weight excluding hydrogens is 1490 g/mol. The van der Waals surface area contributed by atoms with Gasteiger partial charge in [0.1, 0.15) is 30.5 Å². The van der Waals surface area contributed by atoms with Crippen molar-refractivity contribution in [3.8, 4) is 17.2 Å². The number of benzene rings is 6. The lowest BCUT2D eigenvalue weighted by molar-refractivity contribution is -0.159. The Morgan fingerprint density at radius 2 is 0.735 bits per heavy atom. The van der Waals surface area contributed by atoms with Crippen molar-refractivity contribution in [2.45, 2.75) is 198 Å². The number of ketones is 4. The van der Waals surface area contributed by atoms with Crippen molar-refractivity contribution in [3.05, 3.63) is 176 Å². The second-order valence-electron chi connectivity index (χ2n) is 32.5. The fourth-order valence-electron chi connectivity index (χ4n) is 15.9. The van der Waals surface area contributed by atoms with E-state index in [0.717, 1.165) is 177 Å². The number of esters is 2. The molecule has 0 spiro atoms. The molecule has 18 nitrogen and oxygen atoms in total. The number of carboxylic acid groups (broad SMARTS) is 1. The number of Topliss-reactive ketones (excluding diaryl/α,β-unsaturated/α-hetero) is 4. The summed E-state index contributed by atoms with van der Waals surface area (Å²) in [5.74, 6) is 2.46. The molecule has 3 unspecified atom stereocenters. The van der Waals surface area contributed by atoms with E-state index in [2.05, 4.69) is 50.9 Å². The molecule has 1 aliphatic carbocycles. The van der Waals surface area contributed by atoms with Crippen molar-refractivity contribution in [1.29, 1.82) is 0 Å². The first-order chi connectivity index (χ1) is 53.8. The predicted octanol–water partition coefficient (Wildman–Crippen LogP) is 17.1. The van der Waals surface area contributed by atoms with Crippen molar-refractivity contribution >= 4 is 76.3 Å². The Hall–Kier alpha value is -7.34. The zero-order valence-electron chi connectivity index (χ0n) is 69.6. The number of carboxylic acids is 1. The molecule has 612 valence electrons. The number of likely N-dealkylation sites (tertiary alicyclic amines) is 2. The average Bonchev–Trinajstić information content (AvgIpc) is 1.75. The third kappa shape index (κ3) is 23.9. The van der Waals surface area contributed by atoms with Crippen molar-refractivity contribution in [3.63, 3.8) is 0 Å². The molecule has 21 heteroatoms. The number of hydrogen-bond acceptors (Lipinski definition) is 20. The Morgan fingerprint density at radius 1 is 0.434 bits per heavy atom. The van der Waals surface area contributed by atoms with Crippen LogP contribution in [0, 0.1) is 77.0 Å². The van der Waals surface area contributed by atoms with Gasteiger partial charge >= 0.3 is 17.9 Å². The molecule has 5 saturated heterocycles. The summed E-state index contributed by atoms with van der Waals surface area (Å²) < 4.78 is 43.8. The van der Waals surface area contributed by atoms with Crippen LogP contribution in [0.3, 0.4) is 0 Å². The Balaban J connectivity index is 0.000000188. The number of thioether (sulfide) groups is 3. The topological polar surface area (TPSA) is 220 Å². The summed E-state index contributed by atoms with van der Waals surface area (Å²) in [6.07, 6.45) is 14.9. The highest BCUT2D eigenvalue weighted by atomic mass is 32.2. The van der Waals surface area contributed by atoms with Crippen LogP contribution >= 0.6 is 35.3 Å². The summed E-state index contributed by atoms with van der Waals surface area (Å²) in [7, 11) is 0.